The molecule has 1 saturated carbocycles. The van der Waals surface area contributed by atoms with E-state index in [0.717, 1.165) is 12.8 Å². The minimum absolute atomic E-state index is 0.0834. The maximum absolute atomic E-state index is 9.17. The van der Waals surface area contributed by atoms with E-state index in [2.05, 4.69) is 15.3 Å². The molecule has 2 rings (SSSR count). The number of aromatic nitrogens is 2. The van der Waals surface area contributed by atoms with E-state index in [9.17, 15) is 5.11 Å². The number of anilines is 2. The standard InChI is InChI=1S/C9H14N4O2/c1-15-6-7(10)11-5-12-8(6)13-9(4-14)2-3-9/h5,14H,2-4H2,1H3,(H3,10,11,12,13). The fraction of sp³-hybridized carbons (Fsp3) is 0.556. The number of ether oxygens (including phenoxy) is 1. The molecule has 1 heterocycles. The fourth-order valence-corrected chi connectivity index (χ4v) is 1.40. The Morgan fingerprint density at radius 3 is 2.87 bits per heavy atom. The summed E-state index contributed by atoms with van der Waals surface area (Å²) in [4.78, 5) is 7.87. The molecule has 0 aliphatic heterocycles. The van der Waals surface area contributed by atoms with Crippen LogP contribution < -0.4 is 15.8 Å². The van der Waals surface area contributed by atoms with Gasteiger partial charge in [-0.1, -0.05) is 0 Å². The molecule has 1 aliphatic rings. The highest BCUT2D eigenvalue weighted by molar-refractivity contribution is 5.62. The SMILES string of the molecule is COc1c(N)ncnc1NC1(CO)CC1. The molecule has 0 unspecified atom stereocenters. The minimum Gasteiger partial charge on any atom is -0.490 e. The highest BCUT2D eigenvalue weighted by atomic mass is 16.5. The summed E-state index contributed by atoms with van der Waals surface area (Å²) in [5, 5.41) is 12.3. The van der Waals surface area contributed by atoms with E-state index < -0.39 is 0 Å². The zero-order valence-electron chi connectivity index (χ0n) is 8.53. The second-order valence-electron chi connectivity index (χ2n) is 3.70. The first kappa shape index (κ1) is 9.97. The van der Waals surface area contributed by atoms with Gasteiger partial charge in [-0.25, -0.2) is 9.97 Å². The van der Waals surface area contributed by atoms with Gasteiger partial charge in [-0.05, 0) is 12.8 Å². The molecule has 0 atom stereocenters. The molecule has 1 fully saturated rings. The van der Waals surface area contributed by atoms with E-state index in [1.54, 1.807) is 0 Å². The van der Waals surface area contributed by atoms with Crippen LogP contribution in [0.3, 0.4) is 0 Å². The number of nitrogens with zero attached hydrogens (tertiary/aromatic N) is 2. The number of nitrogens with one attached hydrogen (secondary N) is 1. The van der Waals surface area contributed by atoms with Gasteiger partial charge in [-0.3, -0.25) is 0 Å². The summed E-state index contributed by atoms with van der Waals surface area (Å²) in [5.41, 5.74) is 5.39. The van der Waals surface area contributed by atoms with Gasteiger partial charge in [-0.2, -0.15) is 0 Å². The van der Waals surface area contributed by atoms with Crippen LogP contribution in [0.25, 0.3) is 0 Å². The molecule has 1 aromatic rings. The van der Waals surface area contributed by atoms with Crippen LogP contribution in [0.1, 0.15) is 12.8 Å². The van der Waals surface area contributed by atoms with Crippen molar-refractivity contribution < 1.29 is 9.84 Å². The Morgan fingerprint density at radius 1 is 1.60 bits per heavy atom. The normalized spacial score (nSPS) is 17.2. The monoisotopic (exact) mass is 210 g/mol. The average Bonchev–Trinajstić information content (AvgIpc) is 2.99. The van der Waals surface area contributed by atoms with Crippen LogP contribution in [0, 0.1) is 0 Å². The Balaban J connectivity index is 2.24. The first-order chi connectivity index (χ1) is 7.21. The molecule has 4 N–H and O–H groups in total. The Kier molecular flexibility index (Phi) is 2.36. The van der Waals surface area contributed by atoms with Crippen molar-refractivity contribution in [3.8, 4) is 5.75 Å². The smallest absolute Gasteiger partial charge is 0.203 e. The van der Waals surface area contributed by atoms with Crippen molar-refractivity contribution in [1.82, 2.24) is 9.97 Å². The molecule has 15 heavy (non-hydrogen) atoms. The van der Waals surface area contributed by atoms with E-state index in [1.165, 1.54) is 13.4 Å². The third-order valence-corrected chi connectivity index (χ3v) is 2.58. The summed E-state index contributed by atoms with van der Waals surface area (Å²) in [6.45, 7) is 0.0834. The molecule has 1 aliphatic carbocycles. The minimum atomic E-state index is -0.242. The maximum atomic E-state index is 9.17. The number of nitrogen functional groups attached to an aromatic ring is 1. The molecule has 0 amide bonds. The van der Waals surface area contributed by atoms with Gasteiger partial charge in [-0.15, -0.1) is 0 Å². The third-order valence-electron chi connectivity index (χ3n) is 2.58. The average molecular weight is 210 g/mol. The topological polar surface area (TPSA) is 93.3 Å². The lowest BCUT2D eigenvalue weighted by Gasteiger charge is -2.17. The van der Waals surface area contributed by atoms with Crippen LogP contribution in [0.2, 0.25) is 0 Å². The van der Waals surface area contributed by atoms with Crippen LogP contribution >= 0.6 is 0 Å². The number of aliphatic hydroxyl groups excluding tert-OH is 1. The Bertz CT molecular complexity index is 365. The molecular formula is C9H14N4O2. The molecule has 6 nitrogen and oxygen atoms in total. The molecule has 0 spiro atoms. The van der Waals surface area contributed by atoms with Gasteiger partial charge in [0.05, 0.1) is 19.3 Å². The van der Waals surface area contributed by atoms with Gasteiger partial charge in [0.15, 0.2) is 11.6 Å². The van der Waals surface area contributed by atoms with E-state index in [1.807, 2.05) is 0 Å². The second kappa shape index (κ2) is 3.54. The molecule has 0 radical (unpaired) electrons. The number of aliphatic hydroxyl groups is 1. The predicted molar refractivity (Wildman–Crippen MR) is 55.7 cm³/mol. The lowest BCUT2D eigenvalue weighted by molar-refractivity contribution is 0.265. The summed E-state index contributed by atoms with van der Waals surface area (Å²) < 4.78 is 5.10. The Morgan fingerprint density at radius 2 is 2.33 bits per heavy atom. The lowest BCUT2D eigenvalue weighted by Crippen LogP contribution is -2.26. The zero-order chi connectivity index (χ0) is 10.9. The van der Waals surface area contributed by atoms with Crippen LogP contribution in [0.5, 0.6) is 5.75 Å². The van der Waals surface area contributed by atoms with Crippen LogP contribution in [0.4, 0.5) is 11.6 Å². The lowest BCUT2D eigenvalue weighted by atomic mass is 10.3. The summed E-state index contributed by atoms with van der Waals surface area (Å²) in [7, 11) is 1.51. The summed E-state index contributed by atoms with van der Waals surface area (Å²) >= 11 is 0. The van der Waals surface area contributed by atoms with Gasteiger partial charge in [0.25, 0.3) is 0 Å². The third kappa shape index (κ3) is 1.80. The first-order valence-corrected chi connectivity index (χ1v) is 4.74. The van der Waals surface area contributed by atoms with Crippen LogP contribution in [-0.4, -0.2) is 34.3 Å². The van der Waals surface area contributed by atoms with E-state index in [0.29, 0.717) is 17.4 Å². The molecule has 6 heteroatoms. The largest absolute Gasteiger partial charge is 0.490 e. The van der Waals surface area contributed by atoms with Crippen molar-refractivity contribution in [2.45, 2.75) is 18.4 Å². The molecule has 0 aromatic carbocycles. The van der Waals surface area contributed by atoms with Crippen LogP contribution in [-0.2, 0) is 0 Å². The molecule has 0 bridgehead atoms. The summed E-state index contributed by atoms with van der Waals surface area (Å²) in [6, 6.07) is 0. The fourth-order valence-electron chi connectivity index (χ4n) is 1.40. The number of nitrogens with two attached hydrogens (primary N) is 1. The van der Waals surface area contributed by atoms with Gasteiger partial charge in [0.1, 0.15) is 6.33 Å². The molecular weight excluding hydrogens is 196 g/mol. The van der Waals surface area contributed by atoms with E-state index in [4.69, 9.17) is 10.5 Å². The zero-order valence-corrected chi connectivity index (χ0v) is 8.53. The van der Waals surface area contributed by atoms with Crippen molar-refractivity contribution in [1.29, 1.82) is 0 Å². The van der Waals surface area contributed by atoms with Gasteiger partial charge in [0.2, 0.25) is 5.75 Å². The number of hydrogen-bond acceptors (Lipinski definition) is 6. The van der Waals surface area contributed by atoms with Crippen molar-refractivity contribution >= 4 is 11.6 Å². The molecule has 0 saturated heterocycles. The first-order valence-electron chi connectivity index (χ1n) is 4.74. The quantitative estimate of drug-likeness (QED) is 0.648. The molecule has 1 aromatic heterocycles. The van der Waals surface area contributed by atoms with E-state index >= 15 is 0 Å². The highest BCUT2D eigenvalue weighted by Gasteiger charge is 2.43. The van der Waals surface area contributed by atoms with Gasteiger partial charge < -0.3 is 20.9 Å². The molecule has 82 valence electrons. The second-order valence-corrected chi connectivity index (χ2v) is 3.70. The number of methoxy groups -OCH3 is 1. The van der Waals surface area contributed by atoms with Crippen molar-refractivity contribution in [3.63, 3.8) is 0 Å². The van der Waals surface area contributed by atoms with Crippen LogP contribution in [0.15, 0.2) is 6.33 Å². The maximum Gasteiger partial charge on any atom is 0.203 e. The Labute approximate surface area is 87.5 Å². The van der Waals surface area contributed by atoms with Crippen molar-refractivity contribution in [3.05, 3.63) is 6.33 Å². The van der Waals surface area contributed by atoms with Crippen molar-refractivity contribution in [2.24, 2.45) is 0 Å². The summed E-state index contributed by atoms with van der Waals surface area (Å²) in [6.07, 6.45) is 3.22. The number of rotatable bonds is 4. The summed E-state index contributed by atoms with van der Waals surface area (Å²) in [5.74, 6) is 1.26. The highest BCUT2D eigenvalue weighted by Crippen LogP contribution is 2.40. The number of hydrogen-bond donors (Lipinski definition) is 3. The van der Waals surface area contributed by atoms with Gasteiger partial charge >= 0.3 is 0 Å². The predicted octanol–water partition coefficient (Wildman–Crippen LogP) is 0.00420. The van der Waals surface area contributed by atoms with Gasteiger partial charge in [0, 0.05) is 0 Å². The van der Waals surface area contributed by atoms with E-state index in [-0.39, 0.29) is 12.1 Å². The Hall–Kier alpha value is -1.56. The van der Waals surface area contributed by atoms with Crippen molar-refractivity contribution in [2.75, 3.05) is 24.8 Å².